The van der Waals surface area contributed by atoms with Gasteiger partial charge in [-0.1, -0.05) is 30.3 Å². The Labute approximate surface area is 144 Å². The average Bonchev–Trinajstić information content (AvgIpc) is 3.32. The first-order chi connectivity index (χ1) is 12.3. The Balaban J connectivity index is 1.57. The van der Waals surface area contributed by atoms with Gasteiger partial charge in [0.05, 0.1) is 6.54 Å². The van der Waals surface area contributed by atoms with Crippen molar-refractivity contribution >= 4 is 5.91 Å². The number of rotatable bonds is 4. The normalized spacial score (nSPS) is 15.0. The topological polar surface area (TPSA) is 84.2 Å². The molecule has 0 fully saturated rings. The van der Waals surface area contributed by atoms with E-state index in [1.54, 1.807) is 24.3 Å². The zero-order valence-corrected chi connectivity index (χ0v) is 13.8. The molecule has 0 saturated heterocycles. The van der Waals surface area contributed by atoms with Gasteiger partial charge in [0, 0.05) is 26.3 Å². The van der Waals surface area contributed by atoms with Gasteiger partial charge < -0.3 is 14.1 Å². The SMILES string of the molecule is COC(c1ccccc1)c1nc2c(o1)CCN(C(=O)c1ccn[nH]1)C2. The summed E-state index contributed by atoms with van der Waals surface area (Å²) in [4.78, 5) is 18.8. The Morgan fingerprint density at radius 2 is 2.16 bits per heavy atom. The Kier molecular flexibility index (Phi) is 4.07. The molecule has 2 aromatic heterocycles. The summed E-state index contributed by atoms with van der Waals surface area (Å²) in [7, 11) is 1.63. The van der Waals surface area contributed by atoms with E-state index in [2.05, 4.69) is 15.2 Å². The predicted octanol–water partition coefficient (Wildman–Crippen LogP) is 2.33. The molecular formula is C18H18N4O3. The third-order valence-corrected chi connectivity index (χ3v) is 4.32. The molecule has 3 heterocycles. The molecule has 7 heteroatoms. The Bertz CT molecular complexity index is 858. The van der Waals surface area contributed by atoms with E-state index in [9.17, 15) is 4.79 Å². The van der Waals surface area contributed by atoms with Crippen LogP contribution in [0.4, 0.5) is 0 Å². The van der Waals surface area contributed by atoms with Gasteiger partial charge in [-0.3, -0.25) is 9.89 Å². The first-order valence-corrected chi connectivity index (χ1v) is 8.11. The molecule has 0 radical (unpaired) electrons. The molecule has 1 aromatic carbocycles. The molecule has 0 saturated carbocycles. The van der Waals surface area contributed by atoms with E-state index in [1.807, 2.05) is 30.3 Å². The number of nitrogens with one attached hydrogen (secondary N) is 1. The van der Waals surface area contributed by atoms with Gasteiger partial charge in [0.15, 0.2) is 6.10 Å². The van der Waals surface area contributed by atoms with Crippen molar-refractivity contribution in [1.82, 2.24) is 20.1 Å². The Morgan fingerprint density at radius 1 is 1.32 bits per heavy atom. The van der Waals surface area contributed by atoms with E-state index < -0.39 is 0 Å². The number of aromatic nitrogens is 3. The minimum atomic E-state index is -0.358. The molecule has 0 aliphatic carbocycles. The second kappa shape index (κ2) is 6.52. The number of methoxy groups -OCH3 is 1. The molecule has 1 N–H and O–H groups in total. The van der Waals surface area contributed by atoms with Gasteiger partial charge in [-0.05, 0) is 11.6 Å². The maximum absolute atomic E-state index is 12.5. The fourth-order valence-corrected chi connectivity index (χ4v) is 3.06. The van der Waals surface area contributed by atoms with E-state index >= 15 is 0 Å². The van der Waals surface area contributed by atoms with Crippen molar-refractivity contribution in [2.24, 2.45) is 0 Å². The van der Waals surface area contributed by atoms with Gasteiger partial charge in [-0.15, -0.1) is 0 Å². The summed E-state index contributed by atoms with van der Waals surface area (Å²) >= 11 is 0. The number of benzene rings is 1. The molecule has 3 aromatic rings. The molecular weight excluding hydrogens is 320 g/mol. The van der Waals surface area contributed by atoms with E-state index in [0.717, 1.165) is 17.0 Å². The van der Waals surface area contributed by atoms with Gasteiger partial charge in [-0.25, -0.2) is 4.98 Å². The number of ether oxygens (including phenoxy) is 1. The van der Waals surface area contributed by atoms with Crippen molar-refractivity contribution in [2.45, 2.75) is 19.1 Å². The number of amides is 1. The van der Waals surface area contributed by atoms with Crippen LogP contribution in [0.3, 0.4) is 0 Å². The van der Waals surface area contributed by atoms with Crippen molar-refractivity contribution in [3.63, 3.8) is 0 Å². The predicted molar refractivity (Wildman–Crippen MR) is 88.8 cm³/mol. The molecule has 7 nitrogen and oxygen atoms in total. The minimum Gasteiger partial charge on any atom is -0.442 e. The molecule has 1 atom stereocenters. The number of fused-ring (bicyclic) bond motifs is 1. The molecule has 4 rings (SSSR count). The van der Waals surface area contributed by atoms with Crippen molar-refractivity contribution in [3.05, 3.63) is 71.2 Å². The van der Waals surface area contributed by atoms with Gasteiger partial charge in [0.2, 0.25) is 5.89 Å². The number of aromatic amines is 1. The number of carbonyl (C=O) groups excluding carboxylic acids is 1. The number of nitrogens with zero attached hydrogens (tertiary/aromatic N) is 3. The zero-order valence-electron chi connectivity index (χ0n) is 13.8. The maximum atomic E-state index is 12.5. The van der Waals surface area contributed by atoms with Crippen LogP contribution in [-0.4, -0.2) is 39.6 Å². The smallest absolute Gasteiger partial charge is 0.272 e. The number of hydrogen-bond acceptors (Lipinski definition) is 5. The second-order valence-corrected chi connectivity index (χ2v) is 5.90. The van der Waals surface area contributed by atoms with Crippen LogP contribution in [0.2, 0.25) is 0 Å². The lowest BCUT2D eigenvalue weighted by atomic mass is 10.1. The lowest BCUT2D eigenvalue weighted by Crippen LogP contribution is -2.36. The first-order valence-electron chi connectivity index (χ1n) is 8.11. The summed E-state index contributed by atoms with van der Waals surface area (Å²) in [5.41, 5.74) is 2.24. The first kappa shape index (κ1) is 15.6. The number of carbonyl (C=O) groups is 1. The molecule has 25 heavy (non-hydrogen) atoms. The van der Waals surface area contributed by atoms with E-state index in [-0.39, 0.29) is 12.0 Å². The molecule has 1 amide bonds. The average molecular weight is 338 g/mol. The summed E-state index contributed by atoms with van der Waals surface area (Å²) < 4.78 is 11.5. The number of hydrogen-bond donors (Lipinski definition) is 1. The molecule has 1 aliphatic rings. The summed E-state index contributed by atoms with van der Waals surface area (Å²) in [6.45, 7) is 1.00. The highest BCUT2D eigenvalue weighted by molar-refractivity contribution is 5.92. The minimum absolute atomic E-state index is 0.0842. The lowest BCUT2D eigenvalue weighted by Gasteiger charge is -2.24. The fourth-order valence-electron chi connectivity index (χ4n) is 3.06. The monoisotopic (exact) mass is 338 g/mol. The van der Waals surface area contributed by atoms with Crippen LogP contribution < -0.4 is 0 Å². The summed E-state index contributed by atoms with van der Waals surface area (Å²) in [5, 5.41) is 6.54. The third-order valence-electron chi connectivity index (χ3n) is 4.32. The van der Waals surface area contributed by atoms with Crippen LogP contribution in [0.1, 0.15) is 39.5 Å². The van der Waals surface area contributed by atoms with E-state index in [4.69, 9.17) is 9.15 Å². The highest BCUT2D eigenvalue weighted by Gasteiger charge is 2.29. The quantitative estimate of drug-likeness (QED) is 0.789. The highest BCUT2D eigenvalue weighted by atomic mass is 16.5. The van der Waals surface area contributed by atoms with Crippen LogP contribution in [0, 0.1) is 0 Å². The Morgan fingerprint density at radius 3 is 2.88 bits per heavy atom. The Hall–Kier alpha value is -2.93. The molecule has 128 valence electrons. The van der Waals surface area contributed by atoms with Crippen LogP contribution in [0.15, 0.2) is 47.0 Å². The zero-order chi connectivity index (χ0) is 17.2. The summed E-state index contributed by atoms with van der Waals surface area (Å²) in [6.07, 6.45) is 1.84. The van der Waals surface area contributed by atoms with Crippen LogP contribution >= 0.6 is 0 Å². The highest BCUT2D eigenvalue weighted by Crippen LogP contribution is 2.29. The third kappa shape index (κ3) is 2.94. The van der Waals surface area contributed by atoms with Crippen molar-refractivity contribution in [1.29, 1.82) is 0 Å². The van der Waals surface area contributed by atoms with Crippen molar-refractivity contribution < 1.29 is 13.9 Å². The number of oxazole rings is 1. The largest absolute Gasteiger partial charge is 0.442 e. The van der Waals surface area contributed by atoms with Crippen LogP contribution in [0.25, 0.3) is 0 Å². The molecule has 0 spiro atoms. The van der Waals surface area contributed by atoms with Gasteiger partial charge >= 0.3 is 0 Å². The second-order valence-electron chi connectivity index (χ2n) is 5.90. The maximum Gasteiger partial charge on any atom is 0.272 e. The van der Waals surface area contributed by atoms with Crippen molar-refractivity contribution in [2.75, 3.05) is 13.7 Å². The van der Waals surface area contributed by atoms with Crippen LogP contribution in [0.5, 0.6) is 0 Å². The standard InChI is InChI=1S/C18H18N4O3/c1-24-16(12-5-3-2-4-6-12)17-20-14-11-22(10-8-15(14)25-17)18(23)13-7-9-19-21-13/h2-7,9,16H,8,10-11H2,1H3,(H,19,21). The lowest BCUT2D eigenvalue weighted by molar-refractivity contribution is 0.0721. The number of H-pyrrole nitrogens is 1. The van der Waals surface area contributed by atoms with Gasteiger partial charge in [0.25, 0.3) is 5.91 Å². The molecule has 1 unspecified atom stereocenters. The fraction of sp³-hybridized carbons (Fsp3) is 0.278. The van der Waals surface area contributed by atoms with E-state index in [0.29, 0.717) is 31.1 Å². The van der Waals surface area contributed by atoms with Crippen LogP contribution in [-0.2, 0) is 17.7 Å². The summed E-state index contributed by atoms with van der Waals surface area (Å²) in [6, 6.07) is 11.5. The molecule has 0 bridgehead atoms. The van der Waals surface area contributed by atoms with E-state index in [1.165, 1.54) is 0 Å². The van der Waals surface area contributed by atoms with Crippen molar-refractivity contribution in [3.8, 4) is 0 Å². The van der Waals surface area contributed by atoms with Gasteiger partial charge in [0.1, 0.15) is 17.1 Å². The molecule has 1 aliphatic heterocycles. The van der Waals surface area contributed by atoms with Gasteiger partial charge in [-0.2, -0.15) is 5.10 Å². The summed E-state index contributed by atoms with van der Waals surface area (Å²) in [5.74, 6) is 1.26.